The fourth-order valence-corrected chi connectivity index (χ4v) is 3.93. The summed E-state index contributed by atoms with van der Waals surface area (Å²) < 4.78 is 0. The van der Waals surface area contributed by atoms with Crippen molar-refractivity contribution in [2.45, 2.75) is 25.3 Å². The van der Waals surface area contributed by atoms with E-state index in [-0.39, 0.29) is 30.2 Å². The van der Waals surface area contributed by atoms with Crippen LogP contribution in [0, 0.1) is 5.92 Å². The molecule has 2 aliphatic rings. The van der Waals surface area contributed by atoms with E-state index in [0.717, 1.165) is 25.1 Å². The molecule has 3 heterocycles. The normalized spacial score (nSPS) is 22.4. The molecule has 0 spiro atoms. The summed E-state index contributed by atoms with van der Waals surface area (Å²) in [6.07, 6.45) is 5.55. The molecular formula is C20H22ClN5O2. The highest BCUT2D eigenvalue weighted by molar-refractivity contribution is 6.30. The lowest BCUT2D eigenvalue weighted by molar-refractivity contribution is -0.127. The van der Waals surface area contributed by atoms with Crippen molar-refractivity contribution in [1.82, 2.24) is 15.3 Å². The molecule has 1 aromatic carbocycles. The van der Waals surface area contributed by atoms with Crippen LogP contribution < -0.4 is 15.1 Å². The molecule has 0 aliphatic carbocycles. The summed E-state index contributed by atoms with van der Waals surface area (Å²) >= 11 is 5.92. The monoisotopic (exact) mass is 399 g/mol. The fourth-order valence-electron chi connectivity index (χ4n) is 3.80. The van der Waals surface area contributed by atoms with Crippen LogP contribution in [0.2, 0.25) is 5.02 Å². The van der Waals surface area contributed by atoms with Crippen LogP contribution in [0.1, 0.15) is 19.3 Å². The Labute approximate surface area is 168 Å². The van der Waals surface area contributed by atoms with E-state index in [1.54, 1.807) is 47.6 Å². The van der Waals surface area contributed by atoms with Crippen LogP contribution in [0.5, 0.6) is 0 Å². The molecule has 0 saturated carbocycles. The molecule has 2 atom stereocenters. The van der Waals surface area contributed by atoms with Crippen LogP contribution in [-0.4, -0.2) is 47.5 Å². The summed E-state index contributed by atoms with van der Waals surface area (Å²) in [4.78, 5) is 37.5. The van der Waals surface area contributed by atoms with Crippen molar-refractivity contribution in [2.24, 2.45) is 5.92 Å². The second-order valence-corrected chi connectivity index (χ2v) is 7.66. The molecule has 2 aromatic rings. The van der Waals surface area contributed by atoms with E-state index < -0.39 is 0 Å². The maximum Gasteiger partial charge on any atom is 0.227 e. The number of carbonyl (C=O) groups is 2. The number of benzene rings is 1. The summed E-state index contributed by atoms with van der Waals surface area (Å²) in [5, 5.41) is 3.75. The summed E-state index contributed by atoms with van der Waals surface area (Å²) in [7, 11) is 0. The minimum atomic E-state index is -0.341. The molecule has 2 fully saturated rings. The van der Waals surface area contributed by atoms with Gasteiger partial charge in [-0.2, -0.15) is 0 Å². The average Bonchev–Trinajstić information content (AvgIpc) is 3.11. The smallest absolute Gasteiger partial charge is 0.227 e. The molecule has 4 rings (SSSR count). The first-order chi connectivity index (χ1) is 13.6. The van der Waals surface area contributed by atoms with Gasteiger partial charge >= 0.3 is 0 Å². The van der Waals surface area contributed by atoms with Gasteiger partial charge in [-0.1, -0.05) is 11.6 Å². The molecule has 0 unspecified atom stereocenters. The van der Waals surface area contributed by atoms with Crippen LogP contribution in [0.3, 0.4) is 0 Å². The third kappa shape index (κ3) is 4.09. The van der Waals surface area contributed by atoms with Gasteiger partial charge in [0.2, 0.25) is 17.8 Å². The van der Waals surface area contributed by atoms with Gasteiger partial charge in [-0.25, -0.2) is 9.97 Å². The van der Waals surface area contributed by atoms with Crippen LogP contribution in [0.25, 0.3) is 0 Å². The molecule has 2 aliphatic heterocycles. The van der Waals surface area contributed by atoms with Gasteiger partial charge in [-0.05, 0) is 43.2 Å². The number of carbonyl (C=O) groups excluding carboxylic acids is 2. The molecular weight excluding hydrogens is 378 g/mol. The van der Waals surface area contributed by atoms with Crippen molar-refractivity contribution in [3.05, 3.63) is 47.7 Å². The molecule has 7 nitrogen and oxygen atoms in total. The SMILES string of the molecule is O=C(N[C@H]1CCCN(c2ncccn2)C1)[C@H]1CC(=O)N(c2ccc(Cl)cc2)C1. The second kappa shape index (κ2) is 8.14. The predicted molar refractivity (Wildman–Crippen MR) is 107 cm³/mol. The van der Waals surface area contributed by atoms with Crippen LogP contribution in [0.4, 0.5) is 11.6 Å². The van der Waals surface area contributed by atoms with Crippen LogP contribution in [0.15, 0.2) is 42.7 Å². The number of hydrogen-bond donors (Lipinski definition) is 1. The summed E-state index contributed by atoms with van der Waals surface area (Å²) in [5.41, 5.74) is 0.773. The highest BCUT2D eigenvalue weighted by Gasteiger charge is 2.36. The minimum Gasteiger partial charge on any atom is -0.351 e. The summed E-state index contributed by atoms with van der Waals surface area (Å²) in [5.74, 6) is 0.244. The van der Waals surface area contributed by atoms with Gasteiger partial charge in [-0.15, -0.1) is 0 Å². The van der Waals surface area contributed by atoms with Crippen molar-refractivity contribution in [3.63, 3.8) is 0 Å². The number of halogens is 1. The Morgan fingerprint density at radius 3 is 2.64 bits per heavy atom. The number of nitrogens with zero attached hydrogens (tertiary/aromatic N) is 4. The number of aromatic nitrogens is 2. The van der Waals surface area contributed by atoms with E-state index in [2.05, 4.69) is 20.2 Å². The average molecular weight is 400 g/mol. The number of hydrogen-bond acceptors (Lipinski definition) is 5. The number of nitrogens with one attached hydrogen (secondary N) is 1. The lowest BCUT2D eigenvalue weighted by atomic mass is 10.0. The van der Waals surface area contributed by atoms with Gasteiger partial charge in [0.1, 0.15) is 0 Å². The third-order valence-corrected chi connectivity index (χ3v) is 5.49. The molecule has 1 aromatic heterocycles. The fraction of sp³-hybridized carbons (Fsp3) is 0.400. The van der Waals surface area contributed by atoms with E-state index in [4.69, 9.17) is 11.6 Å². The lowest BCUT2D eigenvalue weighted by Crippen LogP contribution is -2.50. The number of piperidine rings is 1. The quantitative estimate of drug-likeness (QED) is 0.853. The Bertz CT molecular complexity index is 845. The largest absolute Gasteiger partial charge is 0.351 e. The van der Waals surface area contributed by atoms with Gasteiger partial charge in [0.05, 0.1) is 5.92 Å². The van der Waals surface area contributed by atoms with E-state index >= 15 is 0 Å². The third-order valence-electron chi connectivity index (χ3n) is 5.24. The van der Waals surface area contributed by atoms with Crippen molar-refractivity contribution >= 4 is 35.1 Å². The Hall–Kier alpha value is -2.67. The molecule has 8 heteroatoms. The molecule has 0 radical (unpaired) electrons. The zero-order valence-electron chi connectivity index (χ0n) is 15.4. The van der Waals surface area contributed by atoms with E-state index in [1.165, 1.54) is 0 Å². The maximum absolute atomic E-state index is 12.8. The first-order valence-corrected chi connectivity index (χ1v) is 9.86. The Morgan fingerprint density at radius 1 is 1.14 bits per heavy atom. The zero-order valence-corrected chi connectivity index (χ0v) is 16.2. The van der Waals surface area contributed by atoms with Crippen LogP contribution in [-0.2, 0) is 9.59 Å². The maximum atomic E-state index is 12.8. The molecule has 2 amide bonds. The second-order valence-electron chi connectivity index (χ2n) is 7.22. The van der Waals surface area contributed by atoms with Gasteiger partial charge in [0.25, 0.3) is 0 Å². The molecule has 2 saturated heterocycles. The first-order valence-electron chi connectivity index (χ1n) is 9.48. The topological polar surface area (TPSA) is 78.4 Å². The summed E-state index contributed by atoms with van der Waals surface area (Å²) in [6, 6.07) is 8.93. The molecule has 0 bridgehead atoms. The zero-order chi connectivity index (χ0) is 19.5. The van der Waals surface area contributed by atoms with Gasteiger partial charge < -0.3 is 15.1 Å². The van der Waals surface area contributed by atoms with Crippen molar-refractivity contribution in [1.29, 1.82) is 0 Å². The molecule has 28 heavy (non-hydrogen) atoms. The Kier molecular flexibility index (Phi) is 5.43. The van der Waals surface area contributed by atoms with Crippen LogP contribution >= 0.6 is 11.6 Å². The Morgan fingerprint density at radius 2 is 1.89 bits per heavy atom. The number of amides is 2. The lowest BCUT2D eigenvalue weighted by Gasteiger charge is -2.33. The Balaban J connectivity index is 1.36. The van der Waals surface area contributed by atoms with Crippen molar-refractivity contribution in [2.75, 3.05) is 29.4 Å². The highest BCUT2D eigenvalue weighted by atomic mass is 35.5. The first kappa shape index (κ1) is 18.7. The number of anilines is 2. The van der Waals surface area contributed by atoms with Crippen molar-refractivity contribution < 1.29 is 9.59 Å². The summed E-state index contributed by atoms with van der Waals surface area (Å²) in [6.45, 7) is 1.95. The predicted octanol–water partition coefficient (Wildman–Crippen LogP) is 2.27. The van der Waals surface area contributed by atoms with E-state index in [0.29, 0.717) is 24.1 Å². The van der Waals surface area contributed by atoms with E-state index in [9.17, 15) is 9.59 Å². The number of rotatable bonds is 4. The van der Waals surface area contributed by atoms with Gasteiger partial charge in [-0.3, -0.25) is 9.59 Å². The standard InChI is InChI=1S/C20H22ClN5O2/c21-15-4-6-17(7-5-15)26-12-14(11-18(26)27)19(28)24-16-3-1-10-25(13-16)20-22-8-2-9-23-20/h2,4-9,14,16H,1,3,10-13H2,(H,24,28)/t14-,16-/m0/s1. The van der Waals surface area contributed by atoms with Crippen molar-refractivity contribution in [3.8, 4) is 0 Å². The minimum absolute atomic E-state index is 0.0322. The molecule has 1 N–H and O–H groups in total. The van der Waals surface area contributed by atoms with Gasteiger partial charge in [0.15, 0.2) is 0 Å². The highest BCUT2D eigenvalue weighted by Crippen LogP contribution is 2.27. The van der Waals surface area contributed by atoms with Gasteiger partial charge in [0, 0.05) is 55.2 Å². The van der Waals surface area contributed by atoms with E-state index in [1.807, 2.05) is 0 Å². The molecule has 146 valence electrons.